The SMILES string of the molecule is O=C1CN(CCF)CCCN1Cc1ccccc1. The van der Waals surface area contributed by atoms with Crippen molar-refractivity contribution in [1.29, 1.82) is 0 Å². The van der Waals surface area contributed by atoms with Crippen LogP contribution in [0.2, 0.25) is 0 Å². The molecular formula is C14H19FN2O. The highest BCUT2D eigenvalue weighted by atomic mass is 19.1. The average Bonchev–Trinajstić information content (AvgIpc) is 2.54. The minimum atomic E-state index is -0.383. The van der Waals surface area contributed by atoms with Gasteiger partial charge >= 0.3 is 0 Å². The Balaban J connectivity index is 1.95. The lowest BCUT2D eigenvalue weighted by atomic mass is 10.2. The lowest BCUT2D eigenvalue weighted by molar-refractivity contribution is -0.131. The maximum absolute atomic E-state index is 12.3. The van der Waals surface area contributed by atoms with Gasteiger partial charge in [0, 0.05) is 26.2 Å². The van der Waals surface area contributed by atoms with E-state index in [1.165, 1.54) is 0 Å². The molecule has 1 fully saturated rings. The zero-order chi connectivity index (χ0) is 12.8. The van der Waals surface area contributed by atoms with Crippen LogP contribution in [0, 0.1) is 0 Å². The van der Waals surface area contributed by atoms with Crippen molar-refractivity contribution in [3.8, 4) is 0 Å². The maximum atomic E-state index is 12.3. The van der Waals surface area contributed by atoms with Gasteiger partial charge in [-0.3, -0.25) is 9.69 Å². The zero-order valence-corrected chi connectivity index (χ0v) is 10.5. The van der Waals surface area contributed by atoms with E-state index in [1.54, 1.807) is 0 Å². The first-order chi connectivity index (χ1) is 8.79. The Hall–Kier alpha value is -1.42. The van der Waals surface area contributed by atoms with Crippen molar-refractivity contribution in [3.05, 3.63) is 35.9 Å². The number of carbonyl (C=O) groups excluding carboxylic acids is 1. The minimum absolute atomic E-state index is 0.102. The van der Waals surface area contributed by atoms with Gasteiger partial charge in [0.15, 0.2) is 0 Å². The van der Waals surface area contributed by atoms with Crippen LogP contribution in [0.1, 0.15) is 12.0 Å². The fraction of sp³-hybridized carbons (Fsp3) is 0.500. The molecule has 0 atom stereocenters. The molecule has 0 aliphatic carbocycles. The molecule has 18 heavy (non-hydrogen) atoms. The van der Waals surface area contributed by atoms with Crippen molar-refractivity contribution in [2.75, 3.05) is 32.9 Å². The Bertz CT molecular complexity index is 383. The molecule has 1 saturated heterocycles. The largest absolute Gasteiger partial charge is 0.337 e. The standard InChI is InChI=1S/C14H19FN2O/c15-7-10-16-8-4-9-17(14(18)12-16)11-13-5-2-1-3-6-13/h1-3,5-6H,4,7-12H2. The summed E-state index contributed by atoms with van der Waals surface area (Å²) in [5, 5.41) is 0. The van der Waals surface area contributed by atoms with Crippen LogP contribution in [0.3, 0.4) is 0 Å². The number of amides is 1. The van der Waals surface area contributed by atoms with Crippen LogP contribution in [0.5, 0.6) is 0 Å². The molecule has 1 aromatic rings. The summed E-state index contributed by atoms with van der Waals surface area (Å²) < 4.78 is 12.3. The highest BCUT2D eigenvalue weighted by Crippen LogP contribution is 2.09. The van der Waals surface area contributed by atoms with Crippen LogP contribution in [0.15, 0.2) is 30.3 Å². The number of alkyl halides is 1. The van der Waals surface area contributed by atoms with Gasteiger partial charge in [0.05, 0.1) is 6.54 Å². The number of hydrogen-bond donors (Lipinski definition) is 0. The van der Waals surface area contributed by atoms with Crippen LogP contribution in [0.4, 0.5) is 4.39 Å². The van der Waals surface area contributed by atoms with Crippen molar-refractivity contribution in [3.63, 3.8) is 0 Å². The van der Waals surface area contributed by atoms with E-state index in [2.05, 4.69) is 0 Å². The quantitative estimate of drug-likeness (QED) is 0.812. The second kappa shape index (κ2) is 6.50. The molecule has 0 bridgehead atoms. The van der Waals surface area contributed by atoms with Crippen molar-refractivity contribution in [2.24, 2.45) is 0 Å². The second-order valence-corrected chi connectivity index (χ2v) is 4.62. The average molecular weight is 250 g/mol. The van der Waals surface area contributed by atoms with Gasteiger partial charge in [-0.05, 0) is 12.0 Å². The van der Waals surface area contributed by atoms with Crippen LogP contribution in [-0.2, 0) is 11.3 Å². The van der Waals surface area contributed by atoms with Crippen molar-refractivity contribution in [1.82, 2.24) is 9.80 Å². The number of rotatable bonds is 4. The summed E-state index contributed by atoms with van der Waals surface area (Å²) >= 11 is 0. The predicted molar refractivity (Wildman–Crippen MR) is 68.9 cm³/mol. The molecule has 0 unspecified atom stereocenters. The number of carbonyl (C=O) groups is 1. The summed E-state index contributed by atoms with van der Waals surface area (Å²) in [6.45, 7) is 2.55. The molecule has 3 nitrogen and oxygen atoms in total. The zero-order valence-electron chi connectivity index (χ0n) is 10.5. The van der Waals surface area contributed by atoms with E-state index in [-0.39, 0.29) is 12.6 Å². The first-order valence-electron chi connectivity index (χ1n) is 6.39. The Labute approximate surface area is 107 Å². The minimum Gasteiger partial charge on any atom is -0.337 e. The molecular weight excluding hydrogens is 231 g/mol. The van der Waals surface area contributed by atoms with Gasteiger partial charge in [0.1, 0.15) is 6.67 Å². The third-order valence-electron chi connectivity index (χ3n) is 3.23. The Morgan fingerprint density at radius 3 is 2.67 bits per heavy atom. The molecule has 0 radical (unpaired) electrons. The Morgan fingerprint density at radius 2 is 1.94 bits per heavy atom. The van der Waals surface area contributed by atoms with Gasteiger partial charge < -0.3 is 4.90 Å². The summed E-state index contributed by atoms with van der Waals surface area (Å²) in [5.41, 5.74) is 1.14. The summed E-state index contributed by atoms with van der Waals surface area (Å²) in [5.74, 6) is 0.102. The normalized spacial score (nSPS) is 17.8. The monoisotopic (exact) mass is 250 g/mol. The van der Waals surface area contributed by atoms with Gasteiger partial charge in [-0.2, -0.15) is 0 Å². The second-order valence-electron chi connectivity index (χ2n) is 4.62. The summed E-state index contributed by atoms with van der Waals surface area (Å²) in [7, 11) is 0. The summed E-state index contributed by atoms with van der Waals surface area (Å²) in [6.07, 6.45) is 0.915. The Morgan fingerprint density at radius 1 is 1.17 bits per heavy atom. The molecule has 2 rings (SSSR count). The van der Waals surface area contributed by atoms with E-state index in [0.717, 1.165) is 25.1 Å². The summed E-state index contributed by atoms with van der Waals surface area (Å²) in [6, 6.07) is 9.98. The van der Waals surface area contributed by atoms with E-state index in [9.17, 15) is 9.18 Å². The van der Waals surface area contributed by atoms with Crippen molar-refractivity contribution in [2.45, 2.75) is 13.0 Å². The smallest absolute Gasteiger partial charge is 0.237 e. The highest BCUT2D eigenvalue weighted by Gasteiger charge is 2.21. The maximum Gasteiger partial charge on any atom is 0.237 e. The first kappa shape index (κ1) is 13.0. The van der Waals surface area contributed by atoms with Gasteiger partial charge in [0.25, 0.3) is 0 Å². The fourth-order valence-electron chi connectivity index (χ4n) is 2.26. The molecule has 1 aliphatic rings. The predicted octanol–water partition coefficient (Wildman–Crippen LogP) is 1.69. The molecule has 98 valence electrons. The Kier molecular flexibility index (Phi) is 4.70. The first-order valence-corrected chi connectivity index (χ1v) is 6.39. The highest BCUT2D eigenvalue weighted by molar-refractivity contribution is 5.78. The van der Waals surface area contributed by atoms with Gasteiger partial charge in [-0.15, -0.1) is 0 Å². The van der Waals surface area contributed by atoms with E-state index in [4.69, 9.17) is 0 Å². The third-order valence-corrected chi connectivity index (χ3v) is 3.23. The van der Waals surface area contributed by atoms with Crippen LogP contribution in [-0.4, -0.2) is 48.6 Å². The molecule has 1 aromatic carbocycles. The van der Waals surface area contributed by atoms with Crippen molar-refractivity contribution >= 4 is 5.91 Å². The van der Waals surface area contributed by atoms with Crippen LogP contribution in [0.25, 0.3) is 0 Å². The van der Waals surface area contributed by atoms with E-state index >= 15 is 0 Å². The number of benzene rings is 1. The van der Waals surface area contributed by atoms with Gasteiger partial charge in [0.2, 0.25) is 5.91 Å². The molecule has 0 N–H and O–H groups in total. The molecule has 0 saturated carbocycles. The van der Waals surface area contributed by atoms with E-state index in [0.29, 0.717) is 19.6 Å². The lowest BCUT2D eigenvalue weighted by Crippen LogP contribution is -2.37. The van der Waals surface area contributed by atoms with Crippen molar-refractivity contribution < 1.29 is 9.18 Å². The molecule has 1 aliphatic heterocycles. The molecule has 4 heteroatoms. The number of halogens is 1. The fourth-order valence-corrected chi connectivity index (χ4v) is 2.26. The van der Waals surface area contributed by atoms with E-state index < -0.39 is 0 Å². The van der Waals surface area contributed by atoms with Gasteiger partial charge in [-0.1, -0.05) is 30.3 Å². The number of nitrogens with zero attached hydrogens (tertiary/aromatic N) is 2. The lowest BCUT2D eigenvalue weighted by Gasteiger charge is -2.21. The van der Waals surface area contributed by atoms with E-state index in [1.807, 2.05) is 40.1 Å². The van der Waals surface area contributed by atoms with Crippen LogP contribution >= 0.6 is 0 Å². The summed E-state index contributed by atoms with van der Waals surface area (Å²) in [4.78, 5) is 15.8. The topological polar surface area (TPSA) is 23.6 Å². The molecule has 0 spiro atoms. The van der Waals surface area contributed by atoms with Gasteiger partial charge in [-0.25, -0.2) is 4.39 Å². The number of hydrogen-bond acceptors (Lipinski definition) is 2. The van der Waals surface area contributed by atoms with Crippen LogP contribution < -0.4 is 0 Å². The molecule has 1 heterocycles. The molecule has 0 aromatic heterocycles. The third kappa shape index (κ3) is 3.53. The molecule has 1 amide bonds.